The highest BCUT2D eigenvalue weighted by molar-refractivity contribution is 7.90. The quantitative estimate of drug-likeness (QED) is 0.386. The van der Waals surface area contributed by atoms with Crippen LogP contribution in [0.3, 0.4) is 0 Å². The van der Waals surface area contributed by atoms with E-state index in [0.29, 0.717) is 44.0 Å². The summed E-state index contributed by atoms with van der Waals surface area (Å²) in [7, 11) is -2.08. The van der Waals surface area contributed by atoms with E-state index in [1.54, 1.807) is 21.0 Å². The summed E-state index contributed by atoms with van der Waals surface area (Å²) in [5.74, 6) is -0.00654. The van der Waals surface area contributed by atoms with Crippen LogP contribution in [0.15, 0.2) is 52.6 Å². The van der Waals surface area contributed by atoms with E-state index in [4.69, 9.17) is 4.74 Å². The van der Waals surface area contributed by atoms with Crippen LogP contribution < -0.4 is 9.46 Å². The van der Waals surface area contributed by atoms with Crippen LogP contribution in [-0.4, -0.2) is 78.5 Å². The summed E-state index contributed by atoms with van der Waals surface area (Å²) < 4.78 is 36.1. The van der Waals surface area contributed by atoms with Crippen LogP contribution in [0.1, 0.15) is 108 Å². The van der Waals surface area contributed by atoms with Gasteiger partial charge in [-0.1, -0.05) is 44.4 Å². The van der Waals surface area contributed by atoms with E-state index in [1.807, 2.05) is 15.9 Å². The molecule has 1 aromatic heterocycles. The average Bonchev–Trinajstić information content (AvgIpc) is 3.55. The third-order valence-electron chi connectivity index (χ3n) is 12.7. The Morgan fingerprint density at radius 3 is 2.49 bits per heavy atom. The van der Waals surface area contributed by atoms with Crippen LogP contribution in [0.25, 0.3) is 10.9 Å². The number of hydrogen-bond acceptors (Lipinski definition) is 6. The van der Waals surface area contributed by atoms with Gasteiger partial charge in [-0.15, -0.1) is 0 Å². The average molecular weight is 715 g/mol. The van der Waals surface area contributed by atoms with Gasteiger partial charge < -0.3 is 19.1 Å². The van der Waals surface area contributed by atoms with Gasteiger partial charge in [-0.2, -0.15) is 0 Å². The van der Waals surface area contributed by atoms with Crippen molar-refractivity contribution < 1.29 is 27.5 Å². The standard InChI is InChI=1S/C40H50N4O6S/c1-4-22-51(48,49)41-38(46)36-31-24-43-32(23-30-33(50-3)15-14-27(37(30)43)26-10-6-5-7-11-26)34-28(35(31)36)12-8-13-29(34)39(47)42-20-17-40(18-21-42)16-9-19-44(40)25(2)45/h8,12,14-15,23,26,29,34H,4-7,9-11,13,16-22,24H2,1-3H3,(H,41,46)/t29-,34?/m1/s1. The van der Waals surface area contributed by atoms with E-state index >= 15 is 0 Å². The fourth-order valence-electron chi connectivity index (χ4n) is 10.3. The molecule has 3 aliphatic carbocycles. The second-order valence-electron chi connectivity index (χ2n) is 15.6. The molecule has 1 saturated carbocycles. The number of allylic oxidation sites excluding steroid dienone is 4. The first-order valence-corrected chi connectivity index (χ1v) is 20.7. The first kappa shape index (κ1) is 34.2. The number of hydrogen-bond donors (Lipinski definition) is 1. The van der Waals surface area contributed by atoms with Gasteiger partial charge in [0.25, 0.3) is 5.91 Å². The van der Waals surface area contributed by atoms with Crippen molar-refractivity contribution in [3.05, 3.63) is 63.9 Å². The molecule has 3 fully saturated rings. The van der Waals surface area contributed by atoms with Gasteiger partial charge in [0.15, 0.2) is 0 Å². The molecule has 3 aliphatic heterocycles. The van der Waals surface area contributed by atoms with Crippen LogP contribution in [0.5, 0.6) is 5.75 Å². The Balaban J connectivity index is 1.22. The topological polar surface area (TPSA) is 118 Å². The fraction of sp³-hybridized carbons (Fsp3) is 0.575. The van der Waals surface area contributed by atoms with Gasteiger partial charge in [0.1, 0.15) is 5.75 Å². The van der Waals surface area contributed by atoms with Gasteiger partial charge in [-0.05, 0) is 91.7 Å². The Hall–Kier alpha value is -3.86. The molecule has 4 heterocycles. The molecule has 2 aromatic rings. The van der Waals surface area contributed by atoms with Gasteiger partial charge in [0.05, 0.1) is 29.9 Å². The van der Waals surface area contributed by atoms with Crippen LogP contribution in [0.2, 0.25) is 0 Å². The van der Waals surface area contributed by atoms with Crippen molar-refractivity contribution in [2.75, 3.05) is 32.5 Å². The summed E-state index contributed by atoms with van der Waals surface area (Å²) in [6, 6.07) is 6.50. The third kappa shape index (κ3) is 5.74. The molecule has 3 amide bonds. The second kappa shape index (κ2) is 13.0. The van der Waals surface area contributed by atoms with Crippen LogP contribution in [0.4, 0.5) is 0 Å². The number of nitrogens with one attached hydrogen (secondary N) is 1. The van der Waals surface area contributed by atoms with Crippen molar-refractivity contribution in [1.82, 2.24) is 19.1 Å². The normalized spacial score (nSPS) is 24.4. The third-order valence-corrected chi connectivity index (χ3v) is 14.2. The highest BCUT2D eigenvalue weighted by atomic mass is 32.2. The number of carbonyl (C=O) groups excluding carboxylic acids is 3. The van der Waals surface area contributed by atoms with Crippen molar-refractivity contribution in [3.8, 4) is 5.75 Å². The van der Waals surface area contributed by atoms with E-state index in [9.17, 15) is 22.8 Å². The molecule has 1 aromatic carbocycles. The van der Waals surface area contributed by atoms with Crippen molar-refractivity contribution in [2.45, 2.75) is 108 Å². The number of nitrogens with zero attached hydrogens (tertiary/aromatic N) is 3. The molecule has 2 saturated heterocycles. The SMILES string of the molecule is CCCS(=O)(=O)NC(=O)C1=C2Cn3c(cc4c(OC)ccc(C5CCCCC5)c43)C3C(=C21)C=CC[C@H]3C(=O)N1CCC2(CCCN2C(C)=O)CC1. The number of sulfonamides is 1. The summed E-state index contributed by atoms with van der Waals surface area (Å²) in [5, 5.41) is 1.02. The molecular weight excluding hydrogens is 665 g/mol. The number of fused-ring (bicyclic) bond motifs is 6. The first-order valence-electron chi connectivity index (χ1n) is 19.0. The predicted octanol–water partition coefficient (Wildman–Crippen LogP) is 5.84. The molecule has 11 heteroatoms. The second-order valence-corrected chi connectivity index (χ2v) is 17.4. The number of ether oxygens (including phenoxy) is 1. The molecule has 1 unspecified atom stereocenters. The van der Waals surface area contributed by atoms with Crippen molar-refractivity contribution in [2.24, 2.45) is 5.92 Å². The fourth-order valence-corrected chi connectivity index (χ4v) is 11.4. The van der Waals surface area contributed by atoms with Gasteiger partial charge in [-0.3, -0.25) is 14.4 Å². The summed E-state index contributed by atoms with van der Waals surface area (Å²) >= 11 is 0. The summed E-state index contributed by atoms with van der Waals surface area (Å²) in [4.78, 5) is 45.0. The smallest absolute Gasteiger partial charge is 0.265 e. The maximum Gasteiger partial charge on any atom is 0.265 e. The van der Waals surface area contributed by atoms with Crippen LogP contribution in [-0.2, 0) is 31.0 Å². The number of rotatable bonds is 7. The zero-order chi connectivity index (χ0) is 35.7. The maximum atomic E-state index is 14.8. The summed E-state index contributed by atoms with van der Waals surface area (Å²) in [6.45, 7) is 5.86. The van der Waals surface area contributed by atoms with Gasteiger partial charge in [-0.25, -0.2) is 13.1 Å². The minimum absolute atomic E-state index is 0.0987. The zero-order valence-electron chi connectivity index (χ0n) is 30.1. The van der Waals surface area contributed by atoms with Crippen LogP contribution in [0, 0.1) is 5.92 Å². The van der Waals surface area contributed by atoms with E-state index in [2.05, 4.69) is 33.6 Å². The Kier molecular flexibility index (Phi) is 8.71. The number of amides is 3. The molecular formula is C40H50N4O6S. The first-order chi connectivity index (χ1) is 24.6. The Bertz CT molecular complexity index is 2010. The summed E-state index contributed by atoms with van der Waals surface area (Å²) in [5.41, 5.74) is 6.26. The number of methoxy groups -OCH3 is 1. The minimum atomic E-state index is -3.77. The monoisotopic (exact) mass is 714 g/mol. The van der Waals surface area contributed by atoms with Crippen molar-refractivity contribution in [3.63, 3.8) is 0 Å². The molecule has 51 heavy (non-hydrogen) atoms. The van der Waals surface area contributed by atoms with E-state index in [-0.39, 0.29) is 34.9 Å². The Labute approximate surface area is 301 Å². The molecule has 8 rings (SSSR count). The molecule has 10 nitrogen and oxygen atoms in total. The molecule has 0 radical (unpaired) electrons. The Morgan fingerprint density at radius 1 is 1.02 bits per heavy atom. The maximum absolute atomic E-state index is 14.8. The highest BCUT2D eigenvalue weighted by Crippen LogP contribution is 2.55. The highest BCUT2D eigenvalue weighted by Gasteiger charge is 2.50. The lowest BCUT2D eigenvalue weighted by Crippen LogP contribution is -2.55. The number of benzene rings is 1. The van der Waals surface area contributed by atoms with E-state index < -0.39 is 15.9 Å². The van der Waals surface area contributed by atoms with Crippen molar-refractivity contribution in [1.29, 1.82) is 0 Å². The van der Waals surface area contributed by atoms with Gasteiger partial charge >= 0.3 is 0 Å². The van der Waals surface area contributed by atoms with Gasteiger partial charge in [0.2, 0.25) is 21.8 Å². The molecule has 0 bridgehead atoms. The van der Waals surface area contributed by atoms with Gasteiger partial charge in [0, 0.05) is 55.6 Å². The Morgan fingerprint density at radius 2 is 1.78 bits per heavy atom. The largest absolute Gasteiger partial charge is 0.496 e. The molecule has 272 valence electrons. The zero-order valence-corrected chi connectivity index (χ0v) is 30.9. The lowest BCUT2D eigenvalue weighted by atomic mass is 9.75. The molecule has 6 aliphatic rings. The van der Waals surface area contributed by atoms with E-state index in [1.165, 1.54) is 24.8 Å². The predicted molar refractivity (Wildman–Crippen MR) is 196 cm³/mol. The molecule has 1 N–H and O–H groups in total. The lowest BCUT2D eigenvalue weighted by molar-refractivity contribution is -0.141. The molecule has 1 spiro atoms. The number of piperidine rings is 1. The van der Waals surface area contributed by atoms with Crippen LogP contribution >= 0.6 is 0 Å². The summed E-state index contributed by atoms with van der Waals surface area (Å²) in [6.07, 6.45) is 14.5. The lowest BCUT2D eigenvalue weighted by Gasteiger charge is -2.46. The number of aromatic nitrogens is 1. The number of carbonyl (C=O) groups is 3. The number of likely N-dealkylation sites (tertiary alicyclic amines) is 2. The van der Waals surface area contributed by atoms with Crippen molar-refractivity contribution >= 4 is 38.6 Å². The minimum Gasteiger partial charge on any atom is -0.496 e. The van der Waals surface area contributed by atoms with E-state index in [0.717, 1.165) is 84.1 Å². The molecule has 2 atom stereocenters.